The minimum absolute atomic E-state index is 0.184. The van der Waals surface area contributed by atoms with Gasteiger partial charge in [-0.15, -0.1) is 0 Å². The fourth-order valence-electron chi connectivity index (χ4n) is 1.59. The van der Waals surface area contributed by atoms with Gasteiger partial charge in [-0.25, -0.2) is 4.79 Å². The van der Waals surface area contributed by atoms with Crippen LogP contribution in [-0.2, 0) is 7.05 Å². The van der Waals surface area contributed by atoms with Crippen molar-refractivity contribution in [2.24, 2.45) is 7.05 Å². The molecule has 0 aliphatic carbocycles. The van der Waals surface area contributed by atoms with Gasteiger partial charge in [0.1, 0.15) is 11.6 Å². The Bertz CT molecular complexity index is 430. The number of carbonyl (C=O) groups excluding carboxylic acids is 1. The molecule has 1 aromatic heterocycles. The minimum atomic E-state index is -0.184. The van der Waals surface area contributed by atoms with Gasteiger partial charge < -0.3 is 5.32 Å². The third-order valence-corrected chi connectivity index (χ3v) is 2.27. The third-order valence-electron chi connectivity index (χ3n) is 2.27. The van der Waals surface area contributed by atoms with Gasteiger partial charge in [-0.05, 0) is 6.42 Å². The van der Waals surface area contributed by atoms with Crippen molar-refractivity contribution in [3.63, 3.8) is 0 Å². The second-order valence-electron chi connectivity index (χ2n) is 3.39. The summed E-state index contributed by atoms with van der Waals surface area (Å²) in [4.78, 5) is 13.0. The fourth-order valence-corrected chi connectivity index (χ4v) is 1.59. The molecule has 0 radical (unpaired) electrons. The monoisotopic (exact) mass is 205 g/mol. The number of anilines is 1. The van der Waals surface area contributed by atoms with Gasteiger partial charge in [-0.1, -0.05) is 0 Å². The highest BCUT2D eigenvalue weighted by molar-refractivity contribution is 5.92. The van der Waals surface area contributed by atoms with E-state index in [1.165, 1.54) is 9.58 Å². The van der Waals surface area contributed by atoms with E-state index in [0.717, 1.165) is 6.42 Å². The largest absolute Gasteiger partial charge is 0.338 e. The Hall–Kier alpha value is -2.03. The van der Waals surface area contributed by atoms with E-state index >= 15 is 0 Å². The van der Waals surface area contributed by atoms with Gasteiger partial charge >= 0.3 is 6.03 Å². The first-order chi connectivity index (χ1) is 7.22. The van der Waals surface area contributed by atoms with Crippen LogP contribution in [0.1, 0.15) is 12.0 Å². The maximum absolute atomic E-state index is 11.5. The molecule has 15 heavy (non-hydrogen) atoms. The van der Waals surface area contributed by atoms with E-state index in [2.05, 4.69) is 10.4 Å². The van der Waals surface area contributed by atoms with E-state index < -0.39 is 0 Å². The normalized spacial score (nSPS) is 16.0. The van der Waals surface area contributed by atoms with Crippen LogP contribution in [0.15, 0.2) is 6.20 Å². The molecule has 1 saturated heterocycles. The molecular weight excluding hydrogens is 194 g/mol. The summed E-state index contributed by atoms with van der Waals surface area (Å²) in [5.74, 6) is 0.442. The topological polar surface area (TPSA) is 74.0 Å². The molecule has 0 aromatic carbocycles. The molecule has 2 heterocycles. The second-order valence-corrected chi connectivity index (χ2v) is 3.39. The zero-order chi connectivity index (χ0) is 10.8. The highest BCUT2D eigenvalue weighted by Gasteiger charge is 2.24. The Labute approximate surface area is 87.1 Å². The molecule has 1 fully saturated rings. The average Bonchev–Trinajstić information content (AvgIpc) is 2.60. The molecule has 1 N–H and O–H groups in total. The number of hydrogen-bond donors (Lipinski definition) is 1. The summed E-state index contributed by atoms with van der Waals surface area (Å²) in [7, 11) is 1.73. The van der Waals surface area contributed by atoms with E-state index in [4.69, 9.17) is 5.26 Å². The molecule has 1 aromatic rings. The van der Waals surface area contributed by atoms with Crippen LogP contribution in [0.5, 0.6) is 0 Å². The van der Waals surface area contributed by atoms with Crippen molar-refractivity contribution in [1.82, 2.24) is 15.1 Å². The first-order valence-electron chi connectivity index (χ1n) is 4.71. The Morgan fingerprint density at radius 1 is 1.67 bits per heavy atom. The fraction of sp³-hybridized carbons (Fsp3) is 0.444. The molecule has 1 aliphatic rings. The van der Waals surface area contributed by atoms with Crippen molar-refractivity contribution in [1.29, 1.82) is 5.26 Å². The molecule has 1 aliphatic heterocycles. The van der Waals surface area contributed by atoms with Gasteiger partial charge in [-0.2, -0.15) is 10.4 Å². The molecule has 2 rings (SSSR count). The van der Waals surface area contributed by atoms with Crippen molar-refractivity contribution in [3.05, 3.63) is 11.8 Å². The number of aromatic nitrogens is 2. The van der Waals surface area contributed by atoms with E-state index in [1.807, 2.05) is 6.07 Å². The highest BCUT2D eigenvalue weighted by atomic mass is 16.2. The zero-order valence-electron chi connectivity index (χ0n) is 8.40. The van der Waals surface area contributed by atoms with Crippen LogP contribution in [0.3, 0.4) is 0 Å². The predicted molar refractivity (Wildman–Crippen MR) is 53.3 cm³/mol. The smallest absolute Gasteiger partial charge is 0.323 e. The predicted octanol–water partition coefficient (Wildman–Crippen LogP) is 0.211. The number of aryl methyl sites for hydroxylation is 1. The number of nitriles is 1. The van der Waals surface area contributed by atoms with Gasteiger partial charge in [0.05, 0.1) is 0 Å². The molecule has 6 nitrogen and oxygen atoms in total. The summed E-state index contributed by atoms with van der Waals surface area (Å²) >= 11 is 0. The summed E-state index contributed by atoms with van der Waals surface area (Å²) in [5.41, 5.74) is 0.426. The highest BCUT2D eigenvalue weighted by Crippen LogP contribution is 2.18. The average molecular weight is 205 g/mol. The van der Waals surface area contributed by atoms with Crippen molar-refractivity contribution in [3.8, 4) is 6.07 Å². The number of nitrogens with one attached hydrogen (secondary N) is 1. The van der Waals surface area contributed by atoms with Crippen LogP contribution >= 0.6 is 0 Å². The van der Waals surface area contributed by atoms with Gasteiger partial charge in [0.15, 0.2) is 5.82 Å². The quantitative estimate of drug-likeness (QED) is 0.712. The van der Waals surface area contributed by atoms with Crippen LogP contribution in [0, 0.1) is 11.3 Å². The molecule has 0 unspecified atom stereocenters. The number of rotatable bonds is 1. The standard InChI is InChI=1S/C9H11N5O/c1-13-6-7(5-10)8(12-13)14-4-2-3-11-9(14)15/h6H,2-4H2,1H3,(H,11,15). The van der Waals surface area contributed by atoms with Crippen LogP contribution in [0.2, 0.25) is 0 Å². The molecule has 0 spiro atoms. The third kappa shape index (κ3) is 1.64. The van der Waals surface area contributed by atoms with Crippen molar-refractivity contribution in [2.45, 2.75) is 6.42 Å². The van der Waals surface area contributed by atoms with Gasteiger partial charge in [0.25, 0.3) is 0 Å². The van der Waals surface area contributed by atoms with E-state index in [9.17, 15) is 4.79 Å². The van der Waals surface area contributed by atoms with Crippen LogP contribution in [-0.4, -0.2) is 28.9 Å². The summed E-state index contributed by atoms with van der Waals surface area (Å²) < 4.78 is 1.54. The lowest BCUT2D eigenvalue weighted by Crippen LogP contribution is -2.47. The Kier molecular flexibility index (Phi) is 2.29. The second kappa shape index (κ2) is 3.61. The van der Waals surface area contributed by atoms with Crippen LogP contribution in [0.25, 0.3) is 0 Å². The molecular formula is C9H11N5O. The van der Waals surface area contributed by atoms with Gasteiger partial charge in [-0.3, -0.25) is 9.58 Å². The zero-order valence-corrected chi connectivity index (χ0v) is 8.40. The molecule has 0 bridgehead atoms. The number of nitrogens with zero attached hydrogens (tertiary/aromatic N) is 4. The molecule has 78 valence electrons. The summed E-state index contributed by atoms with van der Waals surface area (Å²) in [5, 5.41) is 15.7. The number of hydrogen-bond acceptors (Lipinski definition) is 3. The summed E-state index contributed by atoms with van der Waals surface area (Å²) in [6, 6.07) is 1.85. The number of carbonyl (C=O) groups is 1. The maximum Gasteiger partial charge on any atom is 0.323 e. The Morgan fingerprint density at radius 2 is 2.47 bits per heavy atom. The molecule has 0 saturated carbocycles. The first-order valence-corrected chi connectivity index (χ1v) is 4.71. The van der Waals surface area contributed by atoms with Crippen LogP contribution < -0.4 is 10.2 Å². The summed E-state index contributed by atoms with van der Waals surface area (Å²) in [6.07, 6.45) is 2.48. The lowest BCUT2D eigenvalue weighted by Gasteiger charge is -2.25. The van der Waals surface area contributed by atoms with E-state index in [1.54, 1.807) is 13.2 Å². The SMILES string of the molecule is Cn1cc(C#N)c(N2CCCNC2=O)n1. The molecule has 2 amide bonds. The molecule has 6 heteroatoms. The minimum Gasteiger partial charge on any atom is -0.338 e. The lowest BCUT2D eigenvalue weighted by molar-refractivity contribution is 0.242. The maximum atomic E-state index is 11.5. The van der Waals surface area contributed by atoms with Crippen molar-refractivity contribution in [2.75, 3.05) is 18.0 Å². The number of amides is 2. The number of urea groups is 1. The van der Waals surface area contributed by atoms with Gasteiger partial charge in [0.2, 0.25) is 0 Å². The van der Waals surface area contributed by atoms with E-state index in [-0.39, 0.29) is 6.03 Å². The lowest BCUT2D eigenvalue weighted by atomic mass is 10.3. The first kappa shape index (κ1) is 9.52. The van der Waals surface area contributed by atoms with Crippen LogP contribution in [0.4, 0.5) is 10.6 Å². The molecule has 0 atom stereocenters. The van der Waals surface area contributed by atoms with Crippen molar-refractivity contribution >= 4 is 11.8 Å². The summed E-state index contributed by atoms with van der Waals surface area (Å²) in [6.45, 7) is 1.29. The Morgan fingerprint density at radius 3 is 3.13 bits per heavy atom. The Balaban J connectivity index is 2.35. The van der Waals surface area contributed by atoms with E-state index in [0.29, 0.717) is 24.5 Å². The van der Waals surface area contributed by atoms with Gasteiger partial charge in [0, 0.05) is 26.3 Å². The van der Waals surface area contributed by atoms with Crippen molar-refractivity contribution < 1.29 is 4.79 Å².